The number of halogens is 1. The van der Waals surface area contributed by atoms with Crippen molar-refractivity contribution in [2.24, 2.45) is 0 Å². The number of nitrogens with one attached hydrogen (secondary N) is 1. The summed E-state index contributed by atoms with van der Waals surface area (Å²) in [6.07, 6.45) is 0.604. The van der Waals surface area contributed by atoms with E-state index in [1.54, 1.807) is 30.3 Å². The van der Waals surface area contributed by atoms with Crippen LogP contribution in [0.3, 0.4) is 0 Å². The molecule has 0 aliphatic rings. The normalized spacial score (nSPS) is 10.3. The van der Waals surface area contributed by atoms with E-state index in [2.05, 4.69) is 5.32 Å². The van der Waals surface area contributed by atoms with Gasteiger partial charge in [0.15, 0.2) is 6.61 Å². The van der Waals surface area contributed by atoms with Crippen LogP contribution >= 0.6 is 11.6 Å². The maximum absolute atomic E-state index is 11.8. The Kier molecular flexibility index (Phi) is 5.81. The fourth-order valence-electron chi connectivity index (χ4n) is 1.94. The fourth-order valence-corrected chi connectivity index (χ4v) is 2.05. The van der Waals surface area contributed by atoms with E-state index >= 15 is 0 Å². The van der Waals surface area contributed by atoms with Crippen molar-refractivity contribution < 1.29 is 14.6 Å². The Hall–Kier alpha value is -2.04. The highest BCUT2D eigenvalue weighted by atomic mass is 35.5. The van der Waals surface area contributed by atoms with E-state index in [4.69, 9.17) is 21.4 Å². The molecule has 0 bridgehead atoms. The Morgan fingerprint density at radius 3 is 2.59 bits per heavy atom. The maximum atomic E-state index is 11.8. The second kappa shape index (κ2) is 7.82. The smallest absolute Gasteiger partial charge is 0.262 e. The number of carbonyl (C=O) groups excluding carboxylic acids is 1. The minimum absolute atomic E-state index is 0.0700. The van der Waals surface area contributed by atoms with Gasteiger partial charge in [-0.05, 0) is 54.8 Å². The van der Waals surface area contributed by atoms with E-state index in [0.717, 1.165) is 11.1 Å². The average Bonchev–Trinajstić information content (AvgIpc) is 2.51. The van der Waals surface area contributed by atoms with E-state index in [0.29, 0.717) is 22.9 Å². The number of benzene rings is 2. The summed E-state index contributed by atoms with van der Waals surface area (Å²) < 4.78 is 5.43. The van der Waals surface area contributed by atoms with Crippen molar-refractivity contribution in [1.29, 1.82) is 0 Å². The van der Waals surface area contributed by atoms with Crippen LogP contribution in [0.5, 0.6) is 5.75 Å². The first-order chi connectivity index (χ1) is 10.6. The molecule has 5 heteroatoms. The van der Waals surface area contributed by atoms with Crippen LogP contribution in [0.2, 0.25) is 5.02 Å². The number of rotatable bonds is 6. The van der Waals surface area contributed by atoms with Crippen molar-refractivity contribution in [2.75, 3.05) is 18.5 Å². The molecule has 116 valence electrons. The van der Waals surface area contributed by atoms with E-state index in [1.807, 2.05) is 19.1 Å². The summed E-state index contributed by atoms with van der Waals surface area (Å²) in [4.78, 5) is 11.8. The second-order valence-electron chi connectivity index (χ2n) is 4.92. The van der Waals surface area contributed by atoms with Crippen molar-refractivity contribution in [3.63, 3.8) is 0 Å². The number of hydrogen-bond acceptors (Lipinski definition) is 3. The highest BCUT2D eigenvalue weighted by Crippen LogP contribution is 2.21. The van der Waals surface area contributed by atoms with Crippen molar-refractivity contribution >= 4 is 23.2 Å². The molecular weight excluding hydrogens is 302 g/mol. The maximum Gasteiger partial charge on any atom is 0.262 e. The third-order valence-corrected chi connectivity index (χ3v) is 3.56. The first kappa shape index (κ1) is 16.3. The van der Waals surface area contributed by atoms with Crippen LogP contribution in [0.1, 0.15) is 11.1 Å². The topological polar surface area (TPSA) is 58.6 Å². The lowest BCUT2D eigenvalue weighted by Crippen LogP contribution is -2.20. The molecule has 0 saturated carbocycles. The molecule has 2 aromatic rings. The quantitative estimate of drug-likeness (QED) is 0.859. The zero-order valence-corrected chi connectivity index (χ0v) is 13.1. The number of aliphatic hydroxyl groups excluding tert-OH is 1. The molecule has 0 heterocycles. The number of carbonyl (C=O) groups is 1. The average molecular weight is 320 g/mol. The zero-order valence-electron chi connectivity index (χ0n) is 12.3. The lowest BCUT2D eigenvalue weighted by Gasteiger charge is -2.09. The van der Waals surface area contributed by atoms with Gasteiger partial charge < -0.3 is 15.2 Å². The first-order valence-electron chi connectivity index (χ1n) is 6.97. The van der Waals surface area contributed by atoms with Gasteiger partial charge in [0, 0.05) is 17.3 Å². The van der Waals surface area contributed by atoms with Gasteiger partial charge in [0.25, 0.3) is 5.91 Å². The molecule has 1 amide bonds. The van der Waals surface area contributed by atoms with Gasteiger partial charge in [0.05, 0.1) is 0 Å². The van der Waals surface area contributed by atoms with Crippen molar-refractivity contribution in [3.8, 4) is 5.75 Å². The van der Waals surface area contributed by atoms with Crippen molar-refractivity contribution in [1.82, 2.24) is 0 Å². The van der Waals surface area contributed by atoms with Gasteiger partial charge in [0.2, 0.25) is 0 Å². The van der Waals surface area contributed by atoms with Crippen LogP contribution in [0.15, 0.2) is 42.5 Å². The molecule has 0 spiro atoms. The van der Waals surface area contributed by atoms with Crippen LogP contribution < -0.4 is 10.1 Å². The summed E-state index contributed by atoms with van der Waals surface area (Å²) in [5, 5.41) is 12.3. The van der Waals surface area contributed by atoms with Gasteiger partial charge in [-0.3, -0.25) is 4.79 Å². The number of hydrogen-bond donors (Lipinski definition) is 2. The monoisotopic (exact) mass is 319 g/mol. The minimum atomic E-state index is -0.234. The van der Waals surface area contributed by atoms with Crippen molar-refractivity contribution in [3.05, 3.63) is 58.6 Å². The third-order valence-electron chi connectivity index (χ3n) is 3.14. The zero-order chi connectivity index (χ0) is 15.9. The Morgan fingerprint density at radius 1 is 1.23 bits per heavy atom. The predicted octanol–water partition coefficient (Wildman–Crippen LogP) is 3.20. The summed E-state index contributed by atoms with van der Waals surface area (Å²) in [7, 11) is 0. The molecule has 2 N–H and O–H groups in total. The highest BCUT2D eigenvalue weighted by Gasteiger charge is 2.05. The molecular formula is C17H18ClNO3. The number of anilines is 1. The van der Waals surface area contributed by atoms with Gasteiger partial charge in [0.1, 0.15) is 5.75 Å². The Balaban J connectivity index is 1.85. The molecule has 0 radical (unpaired) electrons. The van der Waals surface area contributed by atoms with Gasteiger partial charge in [-0.2, -0.15) is 0 Å². The third kappa shape index (κ3) is 4.76. The Morgan fingerprint density at radius 2 is 1.95 bits per heavy atom. The van der Waals surface area contributed by atoms with Crippen LogP contribution in [0.25, 0.3) is 0 Å². The number of ether oxygens (including phenoxy) is 1. The number of aliphatic hydroxyl groups is 1. The van der Waals surface area contributed by atoms with Gasteiger partial charge in [-0.1, -0.05) is 23.7 Å². The number of aryl methyl sites for hydroxylation is 1. The van der Waals surface area contributed by atoms with Crippen LogP contribution in [-0.2, 0) is 11.2 Å². The lowest BCUT2D eigenvalue weighted by molar-refractivity contribution is -0.118. The highest BCUT2D eigenvalue weighted by molar-refractivity contribution is 6.31. The second-order valence-corrected chi connectivity index (χ2v) is 5.33. The summed E-state index contributed by atoms with van der Waals surface area (Å²) in [5.41, 5.74) is 2.62. The number of amides is 1. The SMILES string of the molecule is Cc1cc(OCC(=O)Nc2ccc(CCO)cc2)ccc1Cl. The summed E-state index contributed by atoms with van der Waals surface area (Å²) in [5.74, 6) is 0.373. The molecule has 0 saturated heterocycles. The molecule has 2 aromatic carbocycles. The van der Waals surface area contributed by atoms with E-state index < -0.39 is 0 Å². The standard InChI is InChI=1S/C17H18ClNO3/c1-12-10-15(6-7-16(12)18)22-11-17(21)19-14-4-2-13(3-5-14)8-9-20/h2-7,10,20H,8-9,11H2,1H3,(H,19,21). The van der Waals surface area contributed by atoms with E-state index in [-0.39, 0.29) is 19.1 Å². The molecule has 2 rings (SSSR count). The molecule has 0 fully saturated rings. The molecule has 0 unspecified atom stereocenters. The van der Waals surface area contributed by atoms with Crippen LogP contribution in [0, 0.1) is 6.92 Å². The molecule has 0 aliphatic carbocycles. The molecule has 0 aromatic heterocycles. The summed E-state index contributed by atoms with van der Waals surface area (Å²) >= 11 is 5.94. The van der Waals surface area contributed by atoms with E-state index in [9.17, 15) is 4.79 Å². The van der Waals surface area contributed by atoms with Crippen molar-refractivity contribution in [2.45, 2.75) is 13.3 Å². The predicted molar refractivity (Wildman–Crippen MR) is 87.5 cm³/mol. The van der Waals surface area contributed by atoms with Crippen LogP contribution in [0.4, 0.5) is 5.69 Å². The summed E-state index contributed by atoms with van der Waals surface area (Å²) in [6.45, 7) is 1.92. The largest absolute Gasteiger partial charge is 0.484 e. The fraction of sp³-hybridized carbons (Fsp3) is 0.235. The van der Waals surface area contributed by atoms with Gasteiger partial charge >= 0.3 is 0 Å². The summed E-state index contributed by atoms with van der Waals surface area (Å²) in [6, 6.07) is 12.6. The Labute approximate surface area is 134 Å². The molecule has 4 nitrogen and oxygen atoms in total. The minimum Gasteiger partial charge on any atom is -0.484 e. The first-order valence-corrected chi connectivity index (χ1v) is 7.35. The van der Waals surface area contributed by atoms with E-state index in [1.165, 1.54) is 0 Å². The molecule has 22 heavy (non-hydrogen) atoms. The lowest BCUT2D eigenvalue weighted by atomic mass is 10.1. The van der Waals surface area contributed by atoms with Gasteiger partial charge in [-0.15, -0.1) is 0 Å². The molecule has 0 atom stereocenters. The molecule has 0 aliphatic heterocycles. The Bertz CT molecular complexity index is 641. The van der Waals surface area contributed by atoms with Gasteiger partial charge in [-0.25, -0.2) is 0 Å². The van der Waals surface area contributed by atoms with Crippen LogP contribution in [-0.4, -0.2) is 24.2 Å².